The highest BCUT2D eigenvalue weighted by molar-refractivity contribution is 5.43. The quantitative estimate of drug-likeness (QED) is 0.722. The van der Waals surface area contributed by atoms with Gasteiger partial charge in [0.15, 0.2) is 0 Å². The van der Waals surface area contributed by atoms with Crippen molar-refractivity contribution in [2.24, 2.45) is 0 Å². The molecule has 0 amide bonds. The van der Waals surface area contributed by atoms with E-state index in [1.54, 1.807) is 7.11 Å². The second-order valence-corrected chi connectivity index (χ2v) is 4.02. The molecule has 3 nitrogen and oxygen atoms in total. The summed E-state index contributed by atoms with van der Waals surface area (Å²) >= 11 is 0. The van der Waals surface area contributed by atoms with Gasteiger partial charge < -0.3 is 15.2 Å². The van der Waals surface area contributed by atoms with Gasteiger partial charge >= 0.3 is 0 Å². The number of hydrogen-bond donors (Lipinski definition) is 2. The molecule has 0 aromatic heterocycles. The molecule has 0 fully saturated rings. The number of nitrogens with one attached hydrogen (secondary N) is 1. The number of hydrogen-bond acceptors (Lipinski definition) is 3. The Morgan fingerprint density at radius 2 is 1.88 bits per heavy atom. The van der Waals surface area contributed by atoms with Crippen molar-refractivity contribution in [1.82, 2.24) is 5.32 Å². The monoisotopic (exact) mass is 223 g/mol. The van der Waals surface area contributed by atoms with Crippen molar-refractivity contribution in [2.75, 3.05) is 20.3 Å². The summed E-state index contributed by atoms with van der Waals surface area (Å²) in [6.07, 6.45) is 0.800. The Balaban J connectivity index is 2.61. The molecule has 1 aromatic carbocycles. The molecule has 3 heteroatoms. The first-order chi connectivity index (χ1) is 7.69. The van der Waals surface area contributed by atoms with Crippen LogP contribution in [0.3, 0.4) is 0 Å². The lowest BCUT2D eigenvalue weighted by molar-refractivity contribution is 0.286. The molecule has 1 aromatic rings. The minimum Gasteiger partial charge on any atom is -0.496 e. The fourth-order valence-electron chi connectivity index (χ4n) is 1.90. The van der Waals surface area contributed by atoms with E-state index in [4.69, 9.17) is 9.84 Å². The van der Waals surface area contributed by atoms with Gasteiger partial charge in [-0.05, 0) is 43.5 Å². The Morgan fingerprint density at radius 1 is 1.25 bits per heavy atom. The third kappa shape index (κ3) is 3.51. The molecule has 16 heavy (non-hydrogen) atoms. The van der Waals surface area contributed by atoms with E-state index in [9.17, 15) is 0 Å². The summed E-state index contributed by atoms with van der Waals surface area (Å²) in [6, 6.07) is 4.27. The summed E-state index contributed by atoms with van der Waals surface area (Å²) in [5.74, 6) is 0.971. The van der Waals surface area contributed by atoms with E-state index in [1.807, 2.05) is 0 Å². The molecule has 0 saturated carbocycles. The van der Waals surface area contributed by atoms with E-state index >= 15 is 0 Å². The summed E-state index contributed by atoms with van der Waals surface area (Å²) in [4.78, 5) is 0. The van der Waals surface area contributed by atoms with Gasteiger partial charge in [0.25, 0.3) is 0 Å². The number of rotatable bonds is 6. The molecule has 0 radical (unpaired) electrons. The van der Waals surface area contributed by atoms with E-state index in [0.29, 0.717) is 0 Å². The first-order valence-electron chi connectivity index (χ1n) is 5.64. The van der Waals surface area contributed by atoms with Crippen molar-refractivity contribution < 1.29 is 9.84 Å². The molecular formula is C13H21NO2. The van der Waals surface area contributed by atoms with Crippen LogP contribution in [-0.4, -0.2) is 25.4 Å². The van der Waals surface area contributed by atoms with Gasteiger partial charge in [0.2, 0.25) is 0 Å². The third-order valence-electron chi connectivity index (χ3n) is 2.57. The Bertz CT molecular complexity index is 314. The van der Waals surface area contributed by atoms with Gasteiger partial charge in [-0.2, -0.15) is 0 Å². The van der Waals surface area contributed by atoms with Crippen LogP contribution in [0.4, 0.5) is 0 Å². The van der Waals surface area contributed by atoms with Gasteiger partial charge in [0.05, 0.1) is 7.11 Å². The number of methoxy groups -OCH3 is 1. The topological polar surface area (TPSA) is 41.5 Å². The number of benzene rings is 1. The average molecular weight is 223 g/mol. The molecular weight excluding hydrogens is 202 g/mol. The molecule has 90 valence electrons. The summed E-state index contributed by atoms with van der Waals surface area (Å²) in [5, 5.41) is 12.0. The van der Waals surface area contributed by atoms with Gasteiger partial charge in [-0.15, -0.1) is 0 Å². The number of aryl methyl sites for hydroxylation is 2. The average Bonchev–Trinajstić information content (AvgIpc) is 2.24. The molecule has 1 rings (SSSR count). The Kier molecular flexibility index (Phi) is 5.29. The van der Waals surface area contributed by atoms with Crippen molar-refractivity contribution in [3.05, 3.63) is 28.8 Å². The van der Waals surface area contributed by atoms with Crippen LogP contribution in [0.5, 0.6) is 5.75 Å². The normalized spacial score (nSPS) is 10.5. The lowest BCUT2D eigenvalue weighted by Gasteiger charge is -2.11. The summed E-state index contributed by atoms with van der Waals surface area (Å²) in [7, 11) is 1.70. The molecule has 0 atom stereocenters. The van der Waals surface area contributed by atoms with Crippen molar-refractivity contribution in [2.45, 2.75) is 26.8 Å². The smallest absolute Gasteiger partial charge is 0.124 e. The highest BCUT2D eigenvalue weighted by Crippen LogP contribution is 2.24. The van der Waals surface area contributed by atoms with Crippen LogP contribution in [0.15, 0.2) is 12.1 Å². The van der Waals surface area contributed by atoms with Gasteiger partial charge in [0, 0.05) is 13.2 Å². The van der Waals surface area contributed by atoms with Crippen LogP contribution in [0, 0.1) is 13.8 Å². The minimum absolute atomic E-state index is 0.244. The Morgan fingerprint density at radius 3 is 2.38 bits per heavy atom. The molecule has 2 N–H and O–H groups in total. The van der Waals surface area contributed by atoms with Crippen LogP contribution < -0.4 is 10.1 Å². The first-order valence-corrected chi connectivity index (χ1v) is 5.64. The molecule has 0 aliphatic rings. The van der Waals surface area contributed by atoms with E-state index in [2.05, 4.69) is 31.3 Å². The SMILES string of the molecule is COc1c(C)cc(CNCCCO)cc1C. The zero-order valence-corrected chi connectivity index (χ0v) is 10.3. The molecule has 0 bridgehead atoms. The van der Waals surface area contributed by atoms with Crippen LogP contribution in [-0.2, 0) is 6.54 Å². The maximum absolute atomic E-state index is 8.66. The van der Waals surface area contributed by atoms with Gasteiger partial charge in [-0.25, -0.2) is 0 Å². The van der Waals surface area contributed by atoms with Crippen molar-refractivity contribution in [3.8, 4) is 5.75 Å². The van der Waals surface area contributed by atoms with Crippen LogP contribution in [0.1, 0.15) is 23.1 Å². The molecule has 0 spiro atoms. The molecule has 0 heterocycles. The predicted octanol–water partition coefficient (Wildman–Crippen LogP) is 1.78. The van der Waals surface area contributed by atoms with Crippen molar-refractivity contribution in [3.63, 3.8) is 0 Å². The summed E-state index contributed by atoms with van der Waals surface area (Å²) < 4.78 is 5.32. The van der Waals surface area contributed by atoms with Crippen LogP contribution in [0.2, 0.25) is 0 Å². The van der Waals surface area contributed by atoms with Gasteiger partial charge in [-0.1, -0.05) is 12.1 Å². The fraction of sp³-hybridized carbons (Fsp3) is 0.538. The Hall–Kier alpha value is -1.06. The zero-order chi connectivity index (χ0) is 12.0. The second kappa shape index (κ2) is 6.51. The predicted molar refractivity (Wildman–Crippen MR) is 65.9 cm³/mol. The van der Waals surface area contributed by atoms with Crippen molar-refractivity contribution >= 4 is 0 Å². The minimum atomic E-state index is 0.244. The fourth-order valence-corrected chi connectivity index (χ4v) is 1.90. The van der Waals surface area contributed by atoms with Crippen LogP contribution in [0.25, 0.3) is 0 Å². The van der Waals surface area contributed by atoms with E-state index in [-0.39, 0.29) is 6.61 Å². The molecule has 0 unspecified atom stereocenters. The molecule has 0 aliphatic heterocycles. The van der Waals surface area contributed by atoms with Gasteiger partial charge in [0.1, 0.15) is 5.75 Å². The standard InChI is InChI=1S/C13H21NO2/c1-10-7-12(9-14-5-4-6-15)8-11(2)13(10)16-3/h7-8,14-15H,4-6,9H2,1-3H3. The van der Waals surface area contributed by atoms with E-state index in [1.165, 1.54) is 16.7 Å². The Labute approximate surface area is 97.4 Å². The maximum Gasteiger partial charge on any atom is 0.124 e. The maximum atomic E-state index is 8.66. The molecule has 0 aliphatic carbocycles. The van der Waals surface area contributed by atoms with E-state index < -0.39 is 0 Å². The van der Waals surface area contributed by atoms with Gasteiger partial charge in [-0.3, -0.25) is 0 Å². The van der Waals surface area contributed by atoms with Crippen molar-refractivity contribution in [1.29, 1.82) is 0 Å². The number of aliphatic hydroxyl groups is 1. The van der Waals surface area contributed by atoms with Crippen LogP contribution >= 0.6 is 0 Å². The number of ether oxygens (including phenoxy) is 1. The second-order valence-electron chi connectivity index (χ2n) is 4.02. The number of aliphatic hydroxyl groups excluding tert-OH is 1. The highest BCUT2D eigenvalue weighted by atomic mass is 16.5. The first kappa shape index (κ1) is 13.0. The third-order valence-corrected chi connectivity index (χ3v) is 2.57. The highest BCUT2D eigenvalue weighted by Gasteiger charge is 2.04. The van der Waals surface area contributed by atoms with E-state index in [0.717, 1.165) is 25.3 Å². The molecule has 0 saturated heterocycles. The summed E-state index contributed by atoms with van der Waals surface area (Å²) in [6.45, 7) is 6.05. The largest absolute Gasteiger partial charge is 0.496 e. The lowest BCUT2D eigenvalue weighted by atomic mass is 10.1. The lowest BCUT2D eigenvalue weighted by Crippen LogP contribution is -2.15. The zero-order valence-electron chi connectivity index (χ0n) is 10.3. The summed E-state index contributed by atoms with van der Waals surface area (Å²) in [5.41, 5.74) is 3.59.